The molecule has 1 aliphatic rings. The van der Waals surface area contributed by atoms with Crippen LogP contribution < -0.4 is 5.32 Å². The van der Waals surface area contributed by atoms with Crippen LogP contribution in [0.25, 0.3) is 0 Å². The van der Waals surface area contributed by atoms with Crippen LogP contribution in [0.4, 0.5) is 5.69 Å². The summed E-state index contributed by atoms with van der Waals surface area (Å²) < 4.78 is 6.71. The zero-order valence-electron chi connectivity index (χ0n) is 8.92. The third-order valence-corrected chi connectivity index (χ3v) is 3.58. The highest BCUT2D eigenvalue weighted by molar-refractivity contribution is 9.10. The van der Waals surface area contributed by atoms with Gasteiger partial charge < -0.3 is 10.1 Å². The smallest absolute Gasteiger partial charge is 0.0748 e. The minimum absolute atomic E-state index is 0.394. The lowest BCUT2D eigenvalue weighted by Crippen LogP contribution is -2.18. The molecule has 15 heavy (non-hydrogen) atoms. The van der Waals surface area contributed by atoms with Crippen LogP contribution in [-0.2, 0) is 4.74 Å². The number of rotatable bonds is 3. The van der Waals surface area contributed by atoms with Crippen molar-refractivity contribution in [3.63, 3.8) is 0 Å². The van der Waals surface area contributed by atoms with Gasteiger partial charge in [0.2, 0.25) is 0 Å². The molecule has 3 heteroatoms. The van der Waals surface area contributed by atoms with Gasteiger partial charge in [-0.25, -0.2) is 0 Å². The van der Waals surface area contributed by atoms with E-state index in [9.17, 15) is 0 Å². The first-order chi connectivity index (χ1) is 7.25. The SMILES string of the molecule is Cc1ccc(NCC2CCCO2)cc1Br. The van der Waals surface area contributed by atoms with E-state index in [1.54, 1.807) is 0 Å². The van der Waals surface area contributed by atoms with Crippen LogP contribution in [0, 0.1) is 6.92 Å². The van der Waals surface area contributed by atoms with Crippen molar-refractivity contribution in [2.45, 2.75) is 25.9 Å². The monoisotopic (exact) mass is 269 g/mol. The number of aryl methyl sites for hydroxylation is 1. The standard InChI is InChI=1S/C12H16BrNO/c1-9-4-5-10(7-12(9)13)14-8-11-3-2-6-15-11/h4-5,7,11,14H,2-3,6,8H2,1H3. The Hall–Kier alpha value is -0.540. The summed E-state index contributed by atoms with van der Waals surface area (Å²) in [5.41, 5.74) is 2.42. The summed E-state index contributed by atoms with van der Waals surface area (Å²) in [5.74, 6) is 0. The predicted octanol–water partition coefficient (Wildman–Crippen LogP) is 3.35. The first kappa shape index (κ1) is 11.0. The Bertz CT molecular complexity index is 334. The van der Waals surface area contributed by atoms with Gasteiger partial charge in [0, 0.05) is 23.3 Å². The minimum Gasteiger partial charge on any atom is -0.382 e. The number of benzene rings is 1. The van der Waals surface area contributed by atoms with Crippen molar-refractivity contribution in [1.29, 1.82) is 0 Å². The van der Waals surface area contributed by atoms with Gasteiger partial charge in [0.15, 0.2) is 0 Å². The molecule has 1 aromatic rings. The molecule has 1 aliphatic heterocycles. The van der Waals surface area contributed by atoms with Gasteiger partial charge in [-0.1, -0.05) is 22.0 Å². The quantitative estimate of drug-likeness (QED) is 0.909. The van der Waals surface area contributed by atoms with Crippen molar-refractivity contribution < 1.29 is 4.74 Å². The number of hydrogen-bond acceptors (Lipinski definition) is 2. The number of ether oxygens (including phenoxy) is 1. The summed E-state index contributed by atoms with van der Waals surface area (Å²) in [6.45, 7) is 3.92. The molecule has 2 rings (SSSR count). The fourth-order valence-corrected chi connectivity index (χ4v) is 2.12. The summed E-state index contributed by atoms with van der Waals surface area (Å²) >= 11 is 3.53. The molecule has 1 heterocycles. The first-order valence-corrected chi connectivity index (χ1v) is 6.16. The van der Waals surface area contributed by atoms with E-state index < -0.39 is 0 Å². The molecule has 0 radical (unpaired) electrons. The molecule has 1 unspecified atom stereocenters. The lowest BCUT2D eigenvalue weighted by Gasteiger charge is -2.12. The van der Waals surface area contributed by atoms with Gasteiger partial charge in [-0.15, -0.1) is 0 Å². The summed E-state index contributed by atoms with van der Waals surface area (Å²) in [4.78, 5) is 0. The fourth-order valence-electron chi connectivity index (χ4n) is 1.74. The number of nitrogens with one attached hydrogen (secondary N) is 1. The molecule has 0 spiro atoms. The Morgan fingerprint density at radius 1 is 1.53 bits per heavy atom. The molecule has 2 nitrogen and oxygen atoms in total. The topological polar surface area (TPSA) is 21.3 Å². The summed E-state index contributed by atoms with van der Waals surface area (Å²) in [6.07, 6.45) is 2.77. The van der Waals surface area contributed by atoms with E-state index in [0.717, 1.165) is 23.3 Å². The molecule has 0 aromatic heterocycles. The molecule has 0 amide bonds. The Labute approximate surface area is 99.1 Å². The van der Waals surface area contributed by atoms with Gasteiger partial charge in [-0.3, -0.25) is 0 Å². The maximum atomic E-state index is 5.55. The second-order valence-electron chi connectivity index (χ2n) is 3.98. The number of hydrogen-bond donors (Lipinski definition) is 1. The second kappa shape index (κ2) is 4.99. The lowest BCUT2D eigenvalue weighted by atomic mass is 10.2. The average molecular weight is 270 g/mol. The molecule has 1 aromatic carbocycles. The number of anilines is 1. The van der Waals surface area contributed by atoms with Crippen molar-refractivity contribution in [1.82, 2.24) is 0 Å². The van der Waals surface area contributed by atoms with Gasteiger partial charge in [0.05, 0.1) is 6.10 Å². The van der Waals surface area contributed by atoms with Crippen LogP contribution in [-0.4, -0.2) is 19.3 Å². The molecule has 1 N–H and O–H groups in total. The molecule has 0 bridgehead atoms. The largest absolute Gasteiger partial charge is 0.382 e. The van der Waals surface area contributed by atoms with Crippen molar-refractivity contribution in [3.8, 4) is 0 Å². The maximum Gasteiger partial charge on any atom is 0.0748 e. The first-order valence-electron chi connectivity index (χ1n) is 5.37. The molecule has 82 valence electrons. The summed E-state index contributed by atoms with van der Waals surface area (Å²) in [6, 6.07) is 6.33. The van der Waals surface area contributed by atoms with Crippen molar-refractivity contribution in [2.24, 2.45) is 0 Å². The summed E-state index contributed by atoms with van der Waals surface area (Å²) in [5, 5.41) is 3.40. The van der Waals surface area contributed by atoms with E-state index in [1.807, 2.05) is 0 Å². The summed E-state index contributed by atoms with van der Waals surface area (Å²) in [7, 11) is 0. The highest BCUT2D eigenvalue weighted by Gasteiger charge is 2.14. The van der Waals surface area contributed by atoms with Crippen molar-refractivity contribution >= 4 is 21.6 Å². The maximum absolute atomic E-state index is 5.55. The van der Waals surface area contributed by atoms with E-state index in [1.165, 1.54) is 18.4 Å². The van der Waals surface area contributed by atoms with Crippen LogP contribution >= 0.6 is 15.9 Å². The molecule has 0 saturated carbocycles. The molecule has 1 atom stereocenters. The van der Waals surface area contributed by atoms with Crippen LogP contribution in [0.2, 0.25) is 0 Å². The van der Waals surface area contributed by atoms with Crippen molar-refractivity contribution in [3.05, 3.63) is 28.2 Å². The Balaban J connectivity index is 1.90. The second-order valence-corrected chi connectivity index (χ2v) is 4.83. The Kier molecular flexibility index (Phi) is 3.65. The molecular formula is C12H16BrNO. The lowest BCUT2D eigenvalue weighted by molar-refractivity contribution is 0.120. The molecule has 0 aliphatic carbocycles. The van der Waals surface area contributed by atoms with E-state index in [2.05, 4.69) is 46.4 Å². The van der Waals surface area contributed by atoms with Gasteiger partial charge >= 0.3 is 0 Å². The number of halogens is 1. The van der Waals surface area contributed by atoms with E-state index in [0.29, 0.717) is 6.10 Å². The van der Waals surface area contributed by atoms with E-state index in [4.69, 9.17) is 4.74 Å². The van der Waals surface area contributed by atoms with Crippen LogP contribution in [0.5, 0.6) is 0 Å². The fraction of sp³-hybridized carbons (Fsp3) is 0.500. The van der Waals surface area contributed by atoms with Crippen LogP contribution in [0.1, 0.15) is 18.4 Å². The van der Waals surface area contributed by atoms with Gasteiger partial charge in [0.1, 0.15) is 0 Å². The molecule has 1 saturated heterocycles. The predicted molar refractivity (Wildman–Crippen MR) is 66.3 cm³/mol. The zero-order valence-corrected chi connectivity index (χ0v) is 10.5. The highest BCUT2D eigenvalue weighted by Crippen LogP contribution is 2.21. The average Bonchev–Trinajstić information content (AvgIpc) is 2.73. The third kappa shape index (κ3) is 2.95. The van der Waals surface area contributed by atoms with Gasteiger partial charge in [-0.05, 0) is 37.5 Å². The third-order valence-electron chi connectivity index (χ3n) is 2.73. The Morgan fingerprint density at radius 3 is 3.07 bits per heavy atom. The van der Waals surface area contributed by atoms with E-state index in [-0.39, 0.29) is 0 Å². The molecular weight excluding hydrogens is 254 g/mol. The molecule has 1 fully saturated rings. The Morgan fingerprint density at radius 2 is 2.40 bits per heavy atom. The van der Waals surface area contributed by atoms with E-state index >= 15 is 0 Å². The van der Waals surface area contributed by atoms with Crippen LogP contribution in [0.15, 0.2) is 22.7 Å². The highest BCUT2D eigenvalue weighted by atomic mass is 79.9. The minimum atomic E-state index is 0.394. The van der Waals surface area contributed by atoms with Gasteiger partial charge in [-0.2, -0.15) is 0 Å². The van der Waals surface area contributed by atoms with Gasteiger partial charge in [0.25, 0.3) is 0 Å². The van der Waals surface area contributed by atoms with Crippen molar-refractivity contribution in [2.75, 3.05) is 18.5 Å². The normalized spacial score (nSPS) is 20.5. The zero-order chi connectivity index (χ0) is 10.7. The van der Waals surface area contributed by atoms with Crippen LogP contribution in [0.3, 0.4) is 0 Å².